The number of guanidine groups is 1. The van der Waals surface area contributed by atoms with Gasteiger partial charge in [-0.25, -0.2) is 0 Å². The summed E-state index contributed by atoms with van der Waals surface area (Å²) in [6.07, 6.45) is 1.58. The van der Waals surface area contributed by atoms with Gasteiger partial charge in [-0.2, -0.15) is 5.26 Å². The number of nitriles is 1. The van der Waals surface area contributed by atoms with E-state index in [0.717, 1.165) is 29.8 Å². The first-order chi connectivity index (χ1) is 13.2. The minimum Gasteiger partial charge on any atom is -0.352 e. The Kier molecular flexibility index (Phi) is 6.06. The summed E-state index contributed by atoms with van der Waals surface area (Å²) in [5.41, 5.74) is 3.81. The topological polar surface area (TPSA) is 80.5 Å². The normalized spacial score (nSPS) is 14.1. The molecule has 2 aromatic rings. The third-order valence-electron chi connectivity index (χ3n) is 4.55. The van der Waals surface area contributed by atoms with Crippen LogP contribution in [0.4, 0.5) is 5.69 Å². The molecule has 6 heteroatoms. The molecule has 1 aliphatic rings. The Balaban J connectivity index is 1.50. The maximum atomic E-state index is 11.8. The molecule has 1 fully saturated rings. The van der Waals surface area contributed by atoms with Gasteiger partial charge in [-0.1, -0.05) is 24.3 Å². The lowest BCUT2D eigenvalue weighted by Gasteiger charge is -2.16. The van der Waals surface area contributed by atoms with E-state index in [1.165, 1.54) is 0 Å². The predicted octanol–water partition coefficient (Wildman–Crippen LogP) is 2.55. The van der Waals surface area contributed by atoms with E-state index >= 15 is 0 Å². The van der Waals surface area contributed by atoms with Crippen LogP contribution in [0.25, 0.3) is 0 Å². The van der Waals surface area contributed by atoms with Crippen LogP contribution in [-0.4, -0.2) is 25.5 Å². The summed E-state index contributed by atoms with van der Waals surface area (Å²) in [6, 6.07) is 17.6. The van der Waals surface area contributed by atoms with Crippen LogP contribution in [0.15, 0.2) is 53.5 Å². The average molecular weight is 361 g/mol. The van der Waals surface area contributed by atoms with Gasteiger partial charge in [0.2, 0.25) is 5.91 Å². The second kappa shape index (κ2) is 8.86. The monoisotopic (exact) mass is 361 g/mol. The van der Waals surface area contributed by atoms with Crippen molar-refractivity contribution in [3.8, 4) is 6.07 Å². The lowest BCUT2D eigenvalue weighted by atomic mass is 10.1. The van der Waals surface area contributed by atoms with Gasteiger partial charge in [0, 0.05) is 38.8 Å². The largest absolute Gasteiger partial charge is 0.352 e. The van der Waals surface area contributed by atoms with Crippen molar-refractivity contribution >= 4 is 17.6 Å². The molecule has 1 saturated heterocycles. The number of aliphatic imine (C=N–C) groups is 1. The van der Waals surface area contributed by atoms with Gasteiger partial charge in [0.25, 0.3) is 0 Å². The summed E-state index contributed by atoms with van der Waals surface area (Å²) in [5, 5.41) is 15.4. The number of carbonyl (C=O) groups is 1. The van der Waals surface area contributed by atoms with Gasteiger partial charge in [-0.15, -0.1) is 0 Å². The van der Waals surface area contributed by atoms with Gasteiger partial charge in [0.15, 0.2) is 5.96 Å². The second-order valence-corrected chi connectivity index (χ2v) is 6.40. The summed E-state index contributed by atoms with van der Waals surface area (Å²) in [4.78, 5) is 17.9. The Morgan fingerprint density at radius 1 is 1.07 bits per heavy atom. The van der Waals surface area contributed by atoms with Crippen molar-refractivity contribution in [3.05, 3.63) is 65.2 Å². The number of rotatable bonds is 5. The Morgan fingerprint density at radius 2 is 1.67 bits per heavy atom. The fraction of sp³-hybridized carbons (Fsp3) is 0.286. The van der Waals surface area contributed by atoms with Gasteiger partial charge in [0.1, 0.15) is 0 Å². The molecule has 0 saturated carbocycles. The highest BCUT2D eigenvalue weighted by atomic mass is 16.2. The van der Waals surface area contributed by atoms with E-state index in [1.807, 2.05) is 41.3 Å². The van der Waals surface area contributed by atoms with E-state index in [-0.39, 0.29) is 5.91 Å². The third kappa shape index (κ3) is 4.85. The first-order valence-corrected chi connectivity index (χ1v) is 9.02. The van der Waals surface area contributed by atoms with Crippen molar-refractivity contribution in [3.63, 3.8) is 0 Å². The van der Waals surface area contributed by atoms with Crippen LogP contribution >= 0.6 is 0 Å². The molecule has 0 spiro atoms. The number of nitrogens with zero attached hydrogens (tertiary/aromatic N) is 3. The Morgan fingerprint density at radius 3 is 2.15 bits per heavy atom. The predicted molar refractivity (Wildman–Crippen MR) is 106 cm³/mol. The molecule has 2 aromatic carbocycles. The summed E-state index contributed by atoms with van der Waals surface area (Å²) < 4.78 is 0. The summed E-state index contributed by atoms with van der Waals surface area (Å²) in [7, 11) is 1.73. The molecule has 0 bridgehead atoms. The molecule has 27 heavy (non-hydrogen) atoms. The molecular weight excluding hydrogens is 338 g/mol. The van der Waals surface area contributed by atoms with Crippen molar-refractivity contribution in [2.75, 3.05) is 18.5 Å². The standard InChI is InChI=1S/C21H23N5O/c1-23-21(24-14-17-6-4-16(13-22)5-7-17)25-15-18-8-10-19(11-9-18)26-12-2-3-20(26)27/h4-11H,2-3,12,14-15H2,1H3,(H2,23,24,25). The molecule has 1 heterocycles. The SMILES string of the molecule is CN=C(NCc1ccc(C#N)cc1)NCc1ccc(N2CCCC2=O)cc1. The van der Waals surface area contributed by atoms with Crippen LogP contribution in [-0.2, 0) is 17.9 Å². The molecule has 2 N–H and O–H groups in total. The number of anilines is 1. The molecular formula is C21H23N5O. The van der Waals surface area contributed by atoms with Crippen molar-refractivity contribution in [1.29, 1.82) is 5.26 Å². The third-order valence-corrected chi connectivity index (χ3v) is 4.55. The Hall–Kier alpha value is -3.33. The second-order valence-electron chi connectivity index (χ2n) is 6.40. The Labute approximate surface area is 159 Å². The van der Waals surface area contributed by atoms with Crippen molar-refractivity contribution in [1.82, 2.24) is 10.6 Å². The molecule has 3 rings (SSSR count). The van der Waals surface area contributed by atoms with Crippen LogP contribution in [0, 0.1) is 11.3 Å². The molecule has 0 atom stereocenters. The molecule has 0 unspecified atom stereocenters. The van der Waals surface area contributed by atoms with E-state index in [9.17, 15) is 4.79 Å². The minimum atomic E-state index is 0.202. The molecule has 1 aliphatic heterocycles. The first-order valence-electron chi connectivity index (χ1n) is 9.02. The van der Waals surface area contributed by atoms with E-state index in [0.29, 0.717) is 31.0 Å². The molecule has 0 aliphatic carbocycles. The van der Waals surface area contributed by atoms with Crippen LogP contribution < -0.4 is 15.5 Å². The maximum absolute atomic E-state index is 11.8. The van der Waals surface area contributed by atoms with Gasteiger partial charge >= 0.3 is 0 Å². The summed E-state index contributed by atoms with van der Waals surface area (Å²) in [6.45, 7) is 2.07. The Bertz CT molecular complexity index is 850. The number of nitrogens with one attached hydrogen (secondary N) is 2. The molecule has 1 amide bonds. The van der Waals surface area contributed by atoms with E-state index in [1.54, 1.807) is 19.2 Å². The number of amides is 1. The zero-order valence-corrected chi connectivity index (χ0v) is 15.4. The first kappa shape index (κ1) is 18.5. The fourth-order valence-corrected chi connectivity index (χ4v) is 3.00. The van der Waals surface area contributed by atoms with Crippen LogP contribution in [0.3, 0.4) is 0 Å². The highest BCUT2D eigenvalue weighted by Crippen LogP contribution is 2.21. The van der Waals surface area contributed by atoms with Crippen LogP contribution in [0.2, 0.25) is 0 Å². The smallest absolute Gasteiger partial charge is 0.227 e. The number of carbonyl (C=O) groups excluding carboxylic acids is 1. The molecule has 0 aromatic heterocycles. The molecule has 138 valence electrons. The average Bonchev–Trinajstić information content (AvgIpc) is 3.15. The lowest BCUT2D eigenvalue weighted by molar-refractivity contribution is -0.117. The zero-order valence-electron chi connectivity index (χ0n) is 15.4. The minimum absolute atomic E-state index is 0.202. The number of benzene rings is 2. The van der Waals surface area contributed by atoms with Gasteiger partial charge in [0.05, 0.1) is 11.6 Å². The van der Waals surface area contributed by atoms with E-state index in [4.69, 9.17) is 5.26 Å². The lowest BCUT2D eigenvalue weighted by Crippen LogP contribution is -2.36. The maximum Gasteiger partial charge on any atom is 0.227 e. The van der Waals surface area contributed by atoms with Crippen LogP contribution in [0.5, 0.6) is 0 Å². The molecule has 6 nitrogen and oxygen atoms in total. The number of hydrogen-bond acceptors (Lipinski definition) is 3. The van der Waals surface area contributed by atoms with Gasteiger partial charge in [-0.3, -0.25) is 9.79 Å². The summed E-state index contributed by atoms with van der Waals surface area (Å²) >= 11 is 0. The van der Waals surface area contributed by atoms with Gasteiger partial charge in [-0.05, 0) is 41.8 Å². The quantitative estimate of drug-likeness (QED) is 0.633. The van der Waals surface area contributed by atoms with Crippen molar-refractivity contribution in [2.24, 2.45) is 4.99 Å². The van der Waals surface area contributed by atoms with Gasteiger partial charge < -0.3 is 15.5 Å². The highest BCUT2D eigenvalue weighted by molar-refractivity contribution is 5.95. The fourth-order valence-electron chi connectivity index (χ4n) is 3.00. The van der Waals surface area contributed by atoms with E-state index in [2.05, 4.69) is 21.7 Å². The van der Waals surface area contributed by atoms with Crippen LogP contribution in [0.1, 0.15) is 29.5 Å². The van der Waals surface area contributed by atoms with Crippen molar-refractivity contribution < 1.29 is 4.79 Å². The highest BCUT2D eigenvalue weighted by Gasteiger charge is 2.21. The van der Waals surface area contributed by atoms with E-state index < -0.39 is 0 Å². The molecule has 0 radical (unpaired) electrons. The number of hydrogen-bond donors (Lipinski definition) is 2. The zero-order chi connectivity index (χ0) is 19.1. The van der Waals surface area contributed by atoms with Crippen molar-refractivity contribution in [2.45, 2.75) is 25.9 Å². The summed E-state index contributed by atoms with van der Waals surface area (Å²) in [5.74, 6) is 0.909.